The molecular formula is C16H16N2O3. The zero-order valence-electron chi connectivity index (χ0n) is 12.0. The summed E-state index contributed by atoms with van der Waals surface area (Å²) in [6.07, 6.45) is 0. The smallest absolute Gasteiger partial charge is 0.267 e. The molecule has 2 aromatic rings. The zero-order chi connectivity index (χ0) is 15.2. The van der Waals surface area contributed by atoms with E-state index in [1.54, 1.807) is 19.2 Å². The van der Waals surface area contributed by atoms with Gasteiger partial charge < -0.3 is 9.84 Å². The Kier molecular flexibility index (Phi) is 4.75. The van der Waals surface area contributed by atoms with E-state index in [1.807, 2.05) is 19.1 Å². The number of hydrogen-bond donors (Lipinski definition) is 1. The number of aliphatic hydroxyl groups excluding tert-OH is 1. The molecule has 2 rings (SSSR count). The molecule has 5 heteroatoms. The minimum absolute atomic E-state index is 0.153. The molecule has 0 atom stereocenters. The fourth-order valence-electron chi connectivity index (χ4n) is 1.92. The Morgan fingerprint density at radius 3 is 2.86 bits per heavy atom. The molecule has 1 N–H and O–H groups in total. The molecule has 108 valence electrons. The summed E-state index contributed by atoms with van der Waals surface area (Å²) in [7, 11) is 1.56. The second-order valence-electron chi connectivity index (χ2n) is 4.47. The molecule has 0 spiro atoms. The van der Waals surface area contributed by atoms with Crippen molar-refractivity contribution in [2.75, 3.05) is 13.7 Å². The summed E-state index contributed by atoms with van der Waals surface area (Å²) in [4.78, 5) is 11.8. The highest BCUT2D eigenvalue weighted by Gasteiger charge is 2.05. The SMILES string of the molecule is COc1ccc(Cn2nc(C)ccc2=O)cc1C#CCO. The summed E-state index contributed by atoms with van der Waals surface area (Å²) in [5, 5.41) is 13.0. The van der Waals surface area contributed by atoms with Gasteiger partial charge in [0.25, 0.3) is 5.56 Å². The number of ether oxygens (including phenoxy) is 1. The van der Waals surface area contributed by atoms with Crippen LogP contribution in [-0.4, -0.2) is 28.6 Å². The van der Waals surface area contributed by atoms with Crippen LogP contribution in [0.25, 0.3) is 0 Å². The first-order chi connectivity index (χ1) is 10.1. The van der Waals surface area contributed by atoms with Crippen molar-refractivity contribution in [1.29, 1.82) is 0 Å². The molecule has 0 amide bonds. The molecule has 0 aliphatic carbocycles. The quantitative estimate of drug-likeness (QED) is 0.852. The summed E-state index contributed by atoms with van der Waals surface area (Å²) >= 11 is 0. The van der Waals surface area contributed by atoms with Crippen molar-refractivity contribution in [3.8, 4) is 17.6 Å². The van der Waals surface area contributed by atoms with Gasteiger partial charge in [-0.05, 0) is 30.7 Å². The van der Waals surface area contributed by atoms with Crippen LogP contribution >= 0.6 is 0 Å². The van der Waals surface area contributed by atoms with Crippen LogP contribution in [0.4, 0.5) is 0 Å². The van der Waals surface area contributed by atoms with E-state index >= 15 is 0 Å². The molecule has 0 radical (unpaired) electrons. The van der Waals surface area contributed by atoms with Crippen molar-refractivity contribution in [3.63, 3.8) is 0 Å². The van der Waals surface area contributed by atoms with E-state index in [1.165, 1.54) is 10.7 Å². The van der Waals surface area contributed by atoms with Crippen molar-refractivity contribution >= 4 is 0 Å². The van der Waals surface area contributed by atoms with Crippen LogP contribution in [0, 0.1) is 18.8 Å². The number of benzene rings is 1. The second-order valence-corrected chi connectivity index (χ2v) is 4.47. The van der Waals surface area contributed by atoms with Crippen LogP contribution in [0.2, 0.25) is 0 Å². The lowest BCUT2D eigenvalue weighted by Crippen LogP contribution is -2.23. The summed E-state index contributed by atoms with van der Waals surface area (Å²) in [6.45, 7) is 1.98. The van der Waals surface area contributed by atoms with Crippen molar-refractivity contribution in [3.05, 3.63) is 57.5 Å². The van der Waals surface area contributed by atoms with Gasteiger partial charge in [0, 0.05) is 6.07 Å². The molecular weight excluding hydrogens is 268 g/mol. The molecule has 5 nitrogen and oxygen atoms in total. The molecule has 0 unspecified atom stereocenters. The highest BCUT2D eigenvalue weighted by Crippen LogP contribution is 2.19. The Morgan fingerprint density at radius 2 is 2.14 bits per heavy atom. The molecule has 0 bridgehead atoms. The fraction of sp³-hybridized carbons (Fsp3) is 0.250. The Labute approximate surface area is 122 Å². The third-order valence-corrected chi connectivity index (χ3v) is 2.90. The van der Waals surface area contributed by atoms with Crippen LogP contribution < -0.4 is 10.3 Å². The van der Waals surface area contributed by atoms with Crippen LogP contribution in [-0.2, 0) is 6.54 Å². The number of nitrogens with zero attached hydrogens (tertiary/aromatic N) is 2. The van der Waals surface area contributed by atoms with Gasteiger partial charge in [0.1, 0.15) is 12.4 Å². The van der Waals surface area contributed by atoms with Crippen LogP contribution in [0.5, 0.6) is 5.75 Å². The Bertz CT molecular complexity index is 754. The largest absolute Gasteiger partial charge is 0.495 e. The normalized spacial score (nSPS) is 9.86. The second kappa shape index (κ2) is 6.73. The van der Waals surface area contributed by atoms with Gasteiger partial charge >= 0.3 is 0 Å². The van der Waals surface area contributed by atoms with E-state index in [4.69, 9.17) is 9.84 Å². The standard InChI is InChI=1S/C16H16N2O3/c1-12-5-8-16(20)18(17-12)11-13-6-7-15(21-2)14(10-13)4-3-9-19/h5-8,10,19H,9,11H2,1-2H3. The van der Waals surface area contributed by atoms with E-state index in [2.05, 4.69) is 16.9 Å². The monoisotopic (exact) mass is 284 g/mol. The van der Waals surface area contributed by atoms with Crippen molar-refractivity contribution in [1.82, 2.24) is 9.78 Å². The van der Waals surface area contributed by atoms with Gasteiger partial charge in [-0.1, -0.05) is 17.9 Å². The van der Waals surface area contributed by atoms with E-state index < -0.39 is 0 Å². The van der Waals surface area contributed by atoms with E-state index in [-0.39, 0.29) is 12.2 Å². The molecule has 0 aliphatic heterocycles. The molecule has 21 heavy (non-hydrogen) atoms. The fourth-order valence-corrected chi connectivity index (χ4v) is 1.92. The summed E-state index contributed by atoms with van der Waals surface area (Å²) < 4.78 is 6.63. The molecule has 1 aromatic carbocycles. The van der Waals surface area contributed by atoms with Gasteiger partial charge in [0.05, 0.1) is 24.9 Å². The lowest BCUT2D eigenvalue weighted by Gasteiger charge is -2.08. The van der Waals surface area contributed by atoms with Crippen LogP contribution in [0.3, 0.4) is 0 Å². The lowest BCUT2D eigenvalue weighted by molar-refractivity contribution is 0.350. The predicted octanol–water partition coefficient (Wildman–Crippen LogP) is 0.952. The molecule has 1 aromatic heterocycles. The molecule has 0 aliphatic rings. The maximum Gasteiger partial charge on any atom is 0.267 e. The molecule has 0 fully saturated rings. The van der Waals surface area contributed by atoms with Gasteiger partial charge in [-0.25, -0.2) is 4.68 Å². The van der Waals surface area contributed by atoms with Crippen molar-refractivity contribution in [2.24, 2.45) is 0 Å². The number of aromatic nitrogens is 2. The Balaban J connectivity index is 2.36. The number of hydrogen-bond acceptors (Lipinski definition) is 4. The number of methoxy groups -OCH3 is 1. The molecule has 1 heterocycles. The first kappa shape index (κ1) is 14.8. The maximum atomic E-state index is 11.8. The average molecular weight is 284 g/mol. The third kappa shape index (κ3) is 3.71. The summed E-state index contributed by atoms with van der Waals surface area (Å²) in [5.41, 5.74) is 2.19. The summed E-state index contributed by atoms with van der Waals surface area (Å²) in [5.74, 6) is 6.05. The van der Waals surface area contributed by atoms with Gasteiger partial charge in [0.2, 0.25) is 0 Å². The number of rotatable bonds is 3. The highest BCUT2D eigenvalue weighted by molar-refractivity contribution is 5.48. The lowest BCUT2D eigenvalue weighted by atomic mass is 10.1. The van der Waals surface area contributed by atoms with Gasteiger partial charge in [-0.2, -0.15) is 5.10 Å². The average Bonchev–Trinajstić information content (AvgIpc) is 2.49. The van der Waals surface area contributed by atoms with Gasteiger partial charge in [-0.3, -0.25) is 4.79 Å². The minimum Gasteiger partial charge on any atom is -0.495 e. The predicted molar refractivity (Wildman–Crippen MR) is 79.3 cm³/mol. The van der Waals surface area contributed by atoms with Crippen molar-refractivity contribution < 1.29 is 9.84 Å². The number of aliphatic hydroxyl groups is 1. The number of aryl methyl sites for hydroxylation is 1. The maximum absolute atomic E-state index is 11.8. The van der Waals surface area contributed by atoms with E-state index in [0.717, 1.165) is 11.3 Å². The molecule has 0 saturated carbocycles. The first-order valence-electron chi connectivity index (χ1n) is 6.45. The van der Waals surface area contributed by atoms with Crippen LogP contribution in [0.1, 0.15) is 16.8 Å². The Hall–Kier alpha value is -2.58. The molecule has 0 saturated heterocycles. The van der Waals surface area contributed by atoms with Gasteiger partial charge in [-0.15, -0.1) is 0 Å². The zero-order valence-corrected chi connectivity index (χ0v) is 12.0. The van der Waals surface area contributed by atoms with Gasteiger partial charge in [0.15, 0.2) is 0 Å². The van der Waals surface area contributed by atoms with Crippen LogP contribution in [0.15, 0.2) is 35.1 Å². The Morgan fingerprint density at radius 1 is 1.33 bits per heavy atom. The topological polar surface area (TPSA) is 64.4 Å². The first-order valence-corrected chi connectivity index (χ1v) is 6.45. The van der Waals surface area contributed by atoms with E-state index in [0.29, 0.717) is 17.9 Å². The minimum atomic E-state index is -0.216. The third-order valence-electron chi connectivity index (χ3n) is 2.90. The van der Waals surface area contributed by atoms with E-state index in [9.17, 15) is 4.79 Å². The summed E-state index contributed by atoms with van der Waals surface area (Å²) in [6, 6.07) is 8.66. The highest BCUT2D eigenvalue weighted by atomic mass is 16.5. The van der Waals surface area contributed by atoms with Crippen molar-refractivity contribution in [2.45, 2.75) is 13.5 Å².